The molecule has 0 aliphatic carbocycles. The lowest BCUT2D eigenvalue weighted by atomic mass is 10.0. The number of hydrogen-bond acceptors (Lipinski definition) is 3. The lowest BCUT2D eigenvalue weighted by molar-refractivity contribution is 0.239. The molecule has 0 aromatic heterocycles. The van der Waals surface area contributed by atoms with E-state index in [0.29, 0.717) is 19.4 Å². The fourth-order valence-electron chi connectivity index (χ4n) is 1.53. The van der Waals surface area contributed by atoms with E-state index >= 15 is 0 Å². The minimum atomic E-state index is -0.105. The van der Waals surface area contributed by atoms with Crippen molar-refractivity contribution in [3.8, 4) is 11.8 Å². The molecule has 0 amide bonds. The summed E-state index contributed by atoms with van der Waals surface area (Å²) in [6, 6.07) is 7.91. The van der Waals surface area contributed by atoms with Crippen LogP contribution >= 0.6 is 0 Å². The number of aliphatic hydroxyl groups is 1. The van der Waals surface area contributed by atoms with Crippen molar-refractivity contribution in [2.45, 2.75) is 18.9 Å². The molecule has 0 bridgehead atoms. The van der Waals surface area contributed by atoms with Gasteiger partial charge in [-0.05, 0) is 17.5 Å². The van der Waals surface area contributed by atoms with Gasteiger partial charge in [-0.15, -0.1) is 0 Å². The molecular formula is C14H19NO2. The van der Waals surface area contributed by atoms with Gasteiger partial charge in [-0.2, -0.15) is 0 Å². The van der Waals surface area contributed by atoms with Crippen LogP contribution in [-0.2, 0) is 11.2 Å². The summed E-state index contributed by atoms with van der Waals surface area (Å²) >= 11 is 0. The highest BCUT2D eigenvalue weighted by atomic mass is 16.5. The van der Waals surface area contributed by atoms with Gasteiger partial charge >= 0.3 is 0 Å². The first-order chi connectivity index (χ1) is 8.27. The normalized spacial score (nSPS) is 11.7. The van der Waals surface area contributed by atoms with Crippen LogP contribution < -0.4 is 5.73 Å². The Morgan fingerprint density at radius 1 is 1.41 bits per heavy atom. The quantitative estimate of drug-likeness (QED) is 0.753. The second-order valence-corrected chi connectivity index (χ2v) is 3.83. The van der Waals surface area contributed by atoms with E-state index in [9.17, 15) is 0 Å². The van der Waals surface area contributed by atoms with E-state index in [1.54, 1.807) is 7.11 Å². The van der Waals surface area contributed by atoms with E-state index in [1.807, 2.05) is 24.3 Å². The molecule has 3 nitrogen and oxygen atoms in total. The maximum atomic E-state index is 8.85. The van der Waals surface area contributed by atoms with E-state index < -0.39 is 0 Å². The Bertz CT molecular complexity index is 393. The van der Waals surface area contributed by atoms with Crippen LogP contribution in [0.15, 0.2) is 24.3 Å². The summed E-state index contributed by atoms with van der Waals surface area (Å²) in [5.74, 6) is 5.95. The van der Waals surface area contributed by atoms with Crippen molar-refractivity contribution >= 4 is 0 Å². The summed E-state index contributed by atoms with van der Waals surface area (Å²) < 4.78 is 4.85. The van der Waals surface area contributed by atoms with E-state index in [4.69, 9.17) is 15.6 Å². The average Bonchev–Trinajstić information content (AvgIpc) is 2.35. The van der Waals surface area contributed by atoms with Crippen LogP contribution in [0.25, 0.3) is 0 Å². The molecule has 1 atom stereocenters. The number of nitrogens with two attached hydrogens (primary N) is 1. The molecule has 1 aromatic carbocycles. The summed E-state index contributed by atoms with van der Waals surface area (Å²) in [5.41, 5.74) is 8.12. The maximum absolute atomic E-state index is 8.85. The molecule has 0 saturated carbocycles. The Morgan fingerprint density at radius 2 is 2.24 bits per heavy atom. The zero-order chi connectivity index (χ0) is 12.5. The monoisotopic (exact) mass is 233 g/mol. The molecule has 0 saturated heterocycles. The molecule has 1 unspecified atom stereocenters. The van der Waals surface area contributed by atoms with Gasteiger partial charge in [-0.25, -0.2) is 0 Å². The lowest BCUT2D eigenvalue weighted by Crippen LogP contribution is -2.12. The standard InChI is InChI=1S/C14H19NO2/c1-17-10-3-2-5-12-6-4-7-13(11-12)14(15)8-9-16/h4,6-7,11,14,16H,5,8-10,15H2,1H3. The van der Waals surface area contributed by atoms with Crippen molar-refractivity contribution in [1.82, 2.24) is 0 Å². The smallest absolute Gasteiger partial charge is 0.107 e. The molecule has 0 heterocycles. The molecule has 92 valence electrons. The van der Waals surface area contributed by atoms with Gasteiger partial charge in [0.05, 0.1) is 0 Å². The first-order valence-corrected chi connectivity index (χ1v) is 5.68. The largest absolute Gasteiger partial charge is 0.396 e. The molecule has 0 fully saturated rings. The number of ether oxygens (including phenoxy) is 1. The first-order valence-electron chi connectivity index (χ1n) is 5.68. The maximum Gasteiger partial charge on any atom is 0.107 e. The third-order valence-electron chi connectivity index (χ3n) is 2.45. The summed E-state index contributed by atoms with van der Waals surface area (Å²) in [6.45, 7) is 0.572. The van der Waals surface area contributed by atoms with Crippen molar-refractivity contribution in [3.63, 3.8) is 0 Å². The van der Waals surface area contributed by atoms with Gasteiger partial charge in [0.15, 0.2) is 0 Å². The zero-order valence-corrected chi connectivity index (χ0v) is 10.1. The number of rotatable bonds is 5. The van der Waals surface area contributed by atoms with Crippen LogP contribution in [0.5, 0.6) is 0 Å². The summed E-state index contributed by atoms with van der Waals surface area (Å²) in [7, 11) is 1.63. The molecule has 0 aliphatic heterocycles. The van der Waals surface area contributed by atoms with E-state index in [-0.39, 0.29) is 12.6 Å². The van der Waals surface area contributed by atoms with Crippen LogP contribution in [0, 0.1) is 11.8 Å². The van der Waals surface area contributed by atoms with Gasteiger partial charge in [0, 0.05) is 26.2 Å². The third-order valence-corrected chi connectivity index (χ3v) is 2.45. The minimum Gasteiger partial charge on any atom is -0.396 e. The highest BCUT2D eigenvalue weighted by molar-refractivity contribution is 5.28. The molecule has 0 spiro atoms. The fourth-order valence-corrected chi connectivity index (χ4v) is 1.53. The number of aliphatic hydroxyl groups excluding tert-OH is 1. The predicted octanol–water partition coefficient (Wildman–Crippen LogP) is 1.26. The Hall–Kier alpha value is -1.34. The molecular weight excluding hydrogens is 214 g/mol. The predicted molar refractivity (Wildman–Crippen MR) is 68.4 cm³/mol. The molecule has 0 radical (unpaired) electrons. The van der Waals surface area contributed by atoms with Crippen molar-refractivity contribution in [2.75, 3.05) is 20.3 Å². The molecule has 3 N–H and O–H groups in total. The summed E-state index contributed by atoms with van der Waals surface area (Å²) in [6.07, 6.45) is 1.28. The van der Waals surface area contributed by atoms with Gasteiger partial charge in [0.1, 0.15) is 6.61 Å². The summed E-state index contributed by atoms with van der Waals surface area (Å²) in [5, 5.41) is 8.85. The van der Waals surface area contributed by atoms with Gasteiger partial charge in [0.2, 0.25) is 0 Å². The second-order valence-electron chi connectivity index (χ2n) is 3.83. The highest BCUT2D eigenvalue weighted by Gasteiger charge is 2.04. The Labute approximate surface area is 103 Å². The van der Waals surface area contributed by atoms with E-state index in [0.717, 1.165) is 11.1 Å². The zero-order valence-electron chi connectivity index (χ0n) is 10.1. The SMILES string of the molecule is COCC#CCc1cccc(C(N)CCO)c1. The molecule has 1 aromatic rings. The van der Waals surface area contributed by atoms with Crippen LogP contribution in [-0.4, -0.2) is 25.4 Å². The fraction of sp³-hybridized carbons (Fsp3) is 0.429. The van der Waals surface area contributed by atoms with E-state index in [2.05, 4.69) is 11.8 Å². The van der Waals surface area contributed by atoms with Crippen molar-refractivity contribution in [2.24, 2.45) is 5.73 Å². The topological polar surface area (TPSA) is 55.5 Å². The van der Waals surface area contributed by atoms with Crippen LogP contribution in [0.3, 0.4) is 0 Å². The molecule has 1 rings (SSSR count). The Kier molecular flexibility index (Phi) is 6.34. The third kappa shape index (κ3) is 5.01. The van der Waals surface area contributed by atoms with E-state index in [1.165, 1.54) is 0 Å². The van der Waals surface area contributed by atoms with Crippen molar-refractivity contribution < 1.29 is 9.84 Å². The number of hydrogen-bond donors (Lipinski definition) is 2. The van der Waals surface area contributed by atoms with Gasteiger partial charge < -0.3 is 15.6 Å². The minimum absolute atomic E-state index is 0.105. The molecule has 0 aliphatic rings. The van der Waals surface area contributed by atoms with Crippen LogP contribution in [0.1, 0.15) is 23.6 Å². The average molecular weight is 233 g/mol. The van der Waals surface area contributed by atoms with Crippen molar-refractivity contribution in [1.29, 1.82) is 0 Å². The van der Waals surface area contributed by atoms with Gasteiger partial charge in [-0.3, -0.25) is 0 Å². The summed E-state index contributed by atoms with van der Waals surface area (Å²) in [4.78, 5) is 0. The second kappa shape index (κ2) is 7.86. The number of benzene rings is 1. The number of methoxy groups -OCH3 is 1. The van der Waals surface area contributed by atoms with Crippen LogP contribution in [0.4, 0.5) is 0 Å². The highest BCUT2D eigenvalue weighted by Crippen LogP contribution is 2.15. The molecule has 17 heavy (non-hydrogen) atoms. The Balaban J connectivity index is 2.63. The lowest BCUT2D eigenvalue weighted by Gasteiger charge is -2.11. The van der Waals surface area contributed by atoms with Gasteiger partial charge in [-0.1, -0.05) is 36.1 Å². The Morgan fingerprint density at radius 3 is 2.94 bits per heavy atom. The van der Waals surface area contributed by atoms with Crippen molar-refractivity contribution in [3.05, 3.63) is 35.4 Å². The first kappa shape index (κ1) is 13.7. The van der Waals surface area contributed by atoms with Crippen LogP contribution in [0.2, 0.25) is 0 Å². The molecule has 3 heteroatoms. The van der Waals surface area contributed by atoms with Gasteiger partial charge in [0.25, 0.3) is 0 Å².